The molecular formula is C28H32N4O3. The van der Waals surface area contributed by atoms with Gasteiger partial charge in [-0.3, -0.25) is 4.90 Å². The van der Waals surface area contributed by atoms with Crippen molar-refractivity contribution in [2.45, 2.75) is 61.9 Å². The summed E-state index contributed by atoms with van der Waals surface area (Å²) in [5.74, 6) is 1.75. The highest BCUT2D eigenvalue weighted by molar-refractivity contribution is 5.87. The number of nitrogens with one attached hydrogen (secondary N) is 1. The fourth-order valence-corrected chi connectivity index (χ4v) is 5.41. The fourth-order valence-electron chi connectivity index (χ4n) is 5.41. The Morgan fingerprint density at radius 3 is 2.51 bits per heavy atom. The molecule has 0 radical (unpaired) electrons. The number of hydrogen-bond acceptors (Lipinski definition) is 6. The summed E-state index contributed by atoms with van der Waals surface area (Å²) in [6.45, 7) is 3.71. The number of hydrogen-bond donors (Lipinski definition) is 2. The summed E-state index contributed by atoms with van der Waals surface area (Å²) < 4.78 is 5.77. The van der Waals surface area contributed by atoms with E-state index in [2.05, 4.69) is 45.7 Å². The van der Waals surface area contributed by atoms with E-state index in [1.54, 1.807) is 12.1 Å². The minimum absolute atomic E-state index is 0.0500. The highest BCUT2D eigenvalue weighted by Gasteiger charge is 2.50. The smallest absolute Gasteiger partial charge is 0.335 e. The maximum atomic E-state index is 11.0. The zero-order valence-electron chi connectivity index (χ0n) is 19.9. The van der Waals surface area contributed by atoms with Crippen LogP contribution in [0.2, 0.25) is 0 Å². The van der Waals surface area contributed by atoms with Gasteiger partial charge in [-0.25, -0.2) is 4.79 Å². The van der Waals surface area contributed by atoms with Crippen molar-refractivity contribution in [2.75, 3.05) is 19.6 Å². The Bertz CT molecular complexity index is 1160. The normalized spacial score (nSPS) is 23.8. The lowest BCUT2D eigenvalue weighted by Crippen LogP contribution is -2.32. The van der Waals surface area contributed by atoms with E-state index in [-0.39, 0.29) is 5.41 Å². The highest BCUT2D eigenvalue weighted by atomic mass is 16.5. The second-order valence-electron chi connectivity index (χ2n) is 10.5. The lowest BCUT2D eigenvalue weighted by atomic mass is 9.96. The van der Waals surface area contributed by atoms with Gasteiger partial charge in [0.25, 0.3) is 0 Å². The molecule has 0 unspecified atom stereocenters. The number of aromatic carboxylic acids is 1. The first-order valence-electron chi connectivity index (χ1n) is 12.8. The maximum Gasteiger partial charge on any atom is 0.335 e. The number of benzene rings is 2. The molecule has 3 fully saturated rings. The first-order chi connectivity index (χ1) is 17.1. The van der Waals surface area contributed by atoms with Crippen LogP contribution in [0.5, 0.6) is 0 Å². The van der Waals surface area contributed by atoms with Crippen molar-refractivity contribution in [1.82, 2.24) is 20.4 Å². The van der Waals surface area contributed by atoms with E-state index in [1.807, 2.05) is 12.1 Å². The molecule has 1 saturated heterocycles. The second kappa shape index (κ2) is 9.21. The molecule has 7 heteroatoms. The zero-order chi connectivity index (χ0) is 23.8. The molecule has 2 atom stereocenters. The molecule has 1 aromatic heterocycles. The van der Waals surface area contributed by atoms with E-state index >= 15 is 0 Å². The molecule has 0 bridgehead atoms. The Balaban J connectivity index is 0.995. The SMILES string of the molecule is O=C(O)c1ccc(CN2CCC(c3nc(C4(CN[C@@H]5C[C@H]5c5ccccc5)CC4)no3)CC2)cc1. The Kier molecular flexibility index (Phi) is 5.90. The van der Waals surface area contributed by atoms with Crippen molar-refractivity contribution in [3.05, 3.63) is 83.0 Å². The van der Waals surface area contributed by atoms with E-state index in [0.717, 1.165) is 69.1 Å². The molecule has 7 nitrogen and oxygen atoms in total. The number of piperidine rings is 1. The van der Waals surface area contributed by atoms with Gasteiger partial charge >= 0.3 is 5.97 Å². The monoisotopic (exact) mass is 472 g/mol. The summed E-state index contributed by atoms with van der Waals surface area (Å²) in [6, 6.07) is 18.5. The van der Waals surface area contributed by atoms with E-state index in [4.69, 9.17) is 14.6 Å². The van der Waals surface area contributed by atoms with Gasteiger partial charge in [0.15, 0.2) is 5.82 Å². The van der Waals surface area contributed by atoms with Crippen LogP contribution in [0.25, 0.3) is 0 Å². The summed E-state index contributed by atoms with van der Waals surface area (Å²) in [4.78, 5) is 18.3. The molecule has 0 amide bonds. The first-order valence-corrected chi connectivity index (χ1v) is 12.8. The van der Waals surface area contributed by atoms with Gasteiger partial charge in [0, 0.05) is 36.4 Å². The lowest BCUT2D eigenvalue weighted by Gasteiger charge is -2.30. The molecule has 6 rings (SSSR count). The molecular weight excluding hydrogens is 440 g/mol. The molecule has 35 heavy (non-hydrogen) atoms. The van der Waals surface area contributed by atoms with Gasteiger partial charge in [0.1, 0.15) is 0 Å². The van der Waals surface area contributed by atoms with Gasteiger partial charge in [-0.1, -0.05) is 47.6 Å². The van der Waals surface area contributed by atoms with Crippen LogP contribution in [0.3, 0.4) is 0 Å². The van der Waals surface area contributed by atoms with Crippen molar-refractivity contribution < 1.29 is 14.4 Å². The first kappa shape index (κ1) is 22.4. The number of likely N-dealkylation sites (tertiary alicyclic amines) is 1. The zero-order valence-corrected chi connectivity index (χ0v) is 19.9. The van der Waals surface area contributed by atoms with E-state index in [0.29, 0.717) is 23.4 Å². The van der Waals surface area contributed by atoms with Crippen molar-refractivity contribution in [2.24, 2.45) is 0 Å². The highest BCUT2D eigenvalue weighted by Crippen LogP contribution is 2.48. The number of carboxylic acid groups (broad SMARTS) is 1. The number of carbonyl (C=O) groups is 1. The Morgan fingerprint density at radius 2 is 1.83 bits per heavy atom. The van der Waals surface area contributed by atoms with Crippen LogP contribution in [0.4, 0.5) is 0 Å². The minimum Gasteiger partial charge on any atom is -0.478 e. The summed E-state index contributed by atoms with van der Waals surface area (Å²) in [6.07, 6.45) is 5.46. The van der Waals surface area contributed by atoms with Gasteiger partial charge in [0.05, 0.1) is 5.56 Å². The van der Waals surface area contributed by atoms with Crippen LogP contribution in [0.1, 0.15) is 77.1 Å². The minimum atomic E-state index is -0.885. The summed E-state index contributed by atoms with van der Waals surface area (Å²) in [7, 11) is 0. The van der Waals surface area contributed by atoms with Crippen LogP contribution in [0, 0.1) is 0 Å². The topological polar surface area (TPSA) is 91.5 Å². The van der Waals surface area contributed by atoms with Crippen molar-refractivity contribution in [3.8, 4) is 0 Å². The van der Waals surface area contributed by atoms with E-state index < -0.39 is 5.97 Å². The van der Waals surface area contributed by atoms with Gasteiger partial charge in [-0.15, -0.1) is 0 Å². The number of carboxylic acids is 1. The molecule has 3 aliphatic rings. The second-order valence-corrected chi connectivity index (χ2v) is 10.5. The molecule has 182 valence electrons. The van der Waals surface area contributed by atoms with E-state index in [9.17, 15) is 4.79 Å². The number of rotatable bonds is 9. The van der Waals surface area contributed by atoms with Crippen LogP contribution < -0.4 is 5.32 Å². The standard InChI is InChI=1S/C28H32N4O3/c33-26(34)22-8-6-19(7-9-22)17-32-14-10-21(11-15-32)25-30-27(31-35-25)28(12-13-28)18-29-24-16-23(24)20-4-2-1-3-5-20/h1-9,21,23-24,29H,10-18H2,(H,33,34)/t23-,24+/m0/s1. The van der Waals surface area contributed by atoms with Crippen molar-refractivity contribution in [3.63, 3.8) is 0 Å². The molecule has 0 spiro atoms. The molecule has 2 aliphatic carbocycles. The summed E-state index contributed by atoms with van der Waals surface area (Å²) >= 11 is 0. The van der Waals surface area contributed by atoms with Gasteiger partial charge in [-0.2, -0.15) is 4.98 Å². The van der Waals surface area contributed by atoms with E-state index in [1.165, 1.54) is 12.0 Å². The Hall–Kier alpha value is -3.03. The molecule has 1 aliphatic heterocycles. The predicted octanol–water partition coefficient (Wildman–Crippen LogP) is 4.32. The van der Waals surface area contributed by atoms with Crippen molar-refractivity contribution >= 4 is 5.97 Å². The predicted molar refractivity (Wildman–Crippen MR) is 131 cm³/mol. The Labute approximate surface area is 205 Å². The molecule has 2 saturated carbocycles. The van der Waals surface area contributed by atoms with Crippen LogP contribution in [-0.4, -0.2) is 51.8 Å². The molecule has 2 aromatic carbocycles. The van der Waals surface area contributed by atoms with Crippen molar-refractivity contribution in [1.29, 1.82) is 0 Å². The van der Waals surface area contributed by atoms with Gasteiger partial charge in [0.2, 0.25) is 5.89 Å². The van der Waals surface area contributed by atoms with Gasteiger partial charge < -0.3 is 14.9 Å². The molecule has 2 N–H and O–H groups in total. The van der Waals surface area contributed by atoms with Crippen LogP contribution in [-0.2, 0) is 12.0 Å². The lowest BCUT2D eigenvalue weighted by molar-refractivity contribution is 0.0697. The number of aromatic nitrogens is 2. The average molecular weight is 473 g/mol. The number of nitrogens with zero attached hydrogens (tertiary/aromatic N) is 3. The quantitative estimate of drug-likeness (QED) is 0.479. The summed E-state index contributed by atoms with van der Waals surface area (Å²) in [5.41, 5.74) is 2.95. The third kappa shape index (κ3) is 4.88. The average Bonchev–Trinajstić information content (AvgIpc) is 3.80. The fraction of sp³-hybridized carbons (Fsp3) is 0.464. The maximum absolute atomic E-state index is 11.0. The summed E-state index contributed by atoms with van der Waals surface area (Å²) in [5, 5.41) is 17.3. The molecule has 3 aromatic rings. The third-order valence-electron chi connectivity index (χ3n) is 8.03. The van der Waals surface area contributed by atoms with Crippen LogP contribution in [0.15, 0.2) is 59.1 Å². The Morgan fingerprint density at radius 1 is 1.09 bits per heavy atom. The third-order valence-corrected chi connectivity index (χ3v) is 8.03. The van der Waals surface area contributed by atoms with Crippen LogP contribution >= 0.6 is 0 Å². The van der Waals surface area contributed by atoms with Gasteiger partial charge in [-0.05, 0) is 68.5 Å². The molecule has 2 heterocycles. The largest absolute Gasteiger partial charge is 0.478 e.